The maximum Gasteiger partial charge on any atom is 0.194 e. The fourth-order valence-corrected chi connectivity index (χ4v) is 3.82. The van der Waals surface area contributed by atoms with Crippen LogP contribution < -0.4 is 0 Å². The molecule has 3 aromatic heterocycles. The number of aromatic nitrogens is 5. The van der Waals surface area contributed by atoms with Gasteiger partial charge in [-0.2, -0.15) is 5.10 Å². The molecule has 0 aromatic carbocycles. The van der Waals surface area contributed by atoms with E-state index in [1.165, 1.54) is 0 Å². The topological polar surface area (TPSA) is 86.0 Å². The molecule has 4 rings (SSSR count). The first-order valence-corrected chi connectivity index (χ1v) is 9.39. The van der Waals surface area contributed by atoms with Gasteiger partial charge in [-0.3, -0.25) is 4.98 Å². The highest BCUT2D eigenvalue weighted by atomic mass is 32.1. The number of fused-ring (bicyclic) bond motifs is 1. The fourth-order valence-electron chi connectivity index (χ4n) is 2.83. The normalized spacial score (nSPS) is 15.1. The predicted octanol–water partition coefficient (Wildman–Crippen LogP) is 3.44. The van der Waals surface area contributed by atoms with E-state index in [2.05, 4.69) is 25.3 Å². The van der Waals surface area contributed by atoms with Crippen LogP contribution in [0.2, 0.25) is 0 Å². The van der Waals surface area contributed by atoms with E-state index in [1.807, 2.05) is 26.0 Å². The van der Waals surface area contributed by atoms with E-state index >= 15 is 0 Å². The quantitative estimate of drug-likeness (QED) is 0.658. The van der Waals surface area contributed by atoms with Gasteiger partial charge in [0, 0.05) is 18.0 Å². The summed E-state index contributed by atoms with van der Waals surface area (Å²) in [5, 5.41) is 13.9. The highest BCUT2D eigenvalue weighted by Crippen LogP contribution is 2.33. The molecule has 0 spiro atoms. The average Bonchev–Trinajstić information content (AvgIpc) is 3.08. The molecule has 0 bridgehead atoms. The summed E-state index contributed by atoms with van der Waals surface area (Å²) in [4.78, 5) is 19.7. The molecule has 0 fully saturated rings. The van der Waals surface area contributed by atoms with Crippen molar-refractivity contribution in [2.45, 2.75) is 33.1 Å². The van der Waals surface area contributed by atoms with Crippen molar-refractivity contribution in [1.82, 2.24) is 25.1 Å². The summed E-state index contributed by atoms with van der Waals surface area (Å²) >= 11 is 1.55. The van der Waals surface area contributed by atoms with Crippen LogP contribution in [-0.2, 0) is 11.3 Å². The van der Waals surface area contributed by atoms with Gasteiger partial charge in [-0.15, -0.1) is 16.4 Å². The molecule has 0 saturated heterocycles. The molecule has 0 amide bonds. The minimum absolute atomic E-state index is 0.534. The van der Waals surface area contributed by atoms with Crippen LogP contribution in [0, 0.1) is 6.92 Å². The van der Waals surface area contributed by atoms with Crippen molar-refractivity contribution in [3.05, 3.63) is 41.6 Å². The Morgan fingerprint density at radius 1 is 1.23 bits per heavy atom. The lowest BCUT2D eigenvalue weighted by Gasteiger charge is -2.15. The number of pyridine rings is 1. The Balaban J connectivity index is 1.74. The molecule has 8 heteroatoms. The van der Waals surface area contributed by atoms with E-state index in [9.17, 15) is 0 Å². The van der Waals surface area contributed by atoms with Crippen molar-refractivity contribution < 1.29 is 4.84 Å². The van der Waals surface area contributed by atoms with E-state index in [0.29, 0.717) is 12.4 Å². The van der Waals surface area contributed by atoms with E-state index in [-0.39, 0.29) is 0 Å². The molecule has 132 valence electrons. The van der Waals surface area contributed by atoms with Gasteiger partial charge in [0.05, 0.1) is 16.3 Å². The SMILES string of the molecule is CCON=C1CCCc2nnc(-c3sc(-c4cccnc4)nc3C)nc21. The molecule has 0 unspecified atom stereocenters. The average molecular weight is 366 g/mol. The van der Waals surface area contributed by atoms with E-state index in [1.54, 1.807) is 23.7 Å². The second-order valence-electron chi connectivity index (χ2n) is 5.92. The Labute approximate surface area is 155 Å². The first-order valence-electron chi connectivity index (χ1n) is 8.57. The van der Waals surface area contributed by atoms with Gasteiger partial charge in [-0.1, -0.05) is 5.16 Å². The standard InChI is InChI=1S/C18H18N6OS/c1-3-25-24-14-8-4-7-13-15(14)21-17(23-22-13)16-11(2)20-18(26-16)12-6-5-9-19-10-12/h5-6,9-10H,3-4,7-8H2,1-2H3. The van der Waals surface area contributed by atoms with Crippen molar-refractivity contribution in [2.24, 2.45) is 5.16 Å². The molecule has 0 atom stereocenters. The predicted molar refractivity (Wildman–Crippen MR) is 100 cm³/mol. The Kier molecular flexibility index (Phi) is 4.66. The summed E-state index contributed by atoms with van der Waals surface area (Å²) < 4.78 is 0. The molecule has 0 N–H and O–H groups in total. The fraction of sp³-hybridized carbons (Fsp3) is 0.333. The van der Waals surface area contributed by atoms with Crippen LogP contribution in [0.5, 0.6) is 0 Å². The zero-order chi connectivity index (χ0) is 17.9. The maximum atomic E-state index is 5.24. The van der Waals surface area contributed by atoms with Crippen LogP contribution >= 0.6 is 11.3 Å². The highest BCUT2D eigenvalue weighted by molar-refractivity contribution is 7.18. The molecule has 0 aliphatic heterocycles. The van der Waals surface area contributed by atoms with Crippen molar-refractivity contribution in [3.8, 4) is 21.3 Å². The molecular weight excluding hydrogens is 348 g/mol. The van der Waals surface area contributed by atoms with E-state index < -0.39 is 0 Å². The monoisotopic (exact) mass is 366 g/mol. The lowest BCUT2D eigenvalue weighted by molar-refractivity contribution is 0.158. The third-order valence-corrected chi connectivity index (χ3v) is 5.27. The van der Waals surface area contributed by atoms with Crippen molar-refractivity contribution in [3.63, 3.8) is 0 Å². The Bertz CT molecular complexity index is 954. The minimum atomic E-state index is 0.534. The molecular formula is C18H18N6OS. The van der Waals surface area contributed by atoms with Gasteiger partial charge >= 0.3 is 0 Å². The van der Waals surface area contributed by atoms with Crippen molar-refractivity contribution in [2.75, 3.05) is 6.61 Å². The van der Waals surface area contributed by atoms with Crippen LogP contribution in [0.25, 0.3) is 21.3 Å². The summed E-state index contributed by atoms with van der Waals surface area (Å²) in [6, 6.07) is 3.90. The number of hydrogen-bond donors (Lipinski definition) is 0. The van der Waals surface area contributed by atoms with Crippen LogP contribution in [0.4, 0.5) is 0 Å². The third-order valence-electron chi connectivity index (χ3n) is 4.07. The number of thiazole rings is 1. The summed E-state index contributed by atoms with van der Waals surface area (Å²) in [5.41, 5.74) is 4.39. The Morgan fingerprint density at radius 3 is 2.96 bits per heavy atom. The van der Waals surface area contributed by atoms with Gasteiger partial charge in [0.15, 0.2) is 5.82 Å². The molecule has 0 saturated carbocycles. The summed E-state index contributed by atoms with van der Waals surface area (Å²) in [5.74, 6) is 0.583. The lowest BCUT2D eigenvalue weighted by Crippen LogP contribution is -2.18. The summed E-state index contributed by atoms with van der Waals surface area (Å²) in [7, 11) is 0. The molecule has 3 heterocycles. The number of nitrogens with zero attached hydrogens (tertiary/aromatic N) is 6. The molecule has 3 aromatic rings. The van der Waals surface area contributed by atoms with Crippen LogP contribution in [0.15, 0.2) is 29.7 Å². The maximum absolute atomic E-state index is 5.24. The second-order valence-corrected chi connectivity index (χ2v) is 6.91. The number of rotatable bonds is 4. The second kappa shape index (κ2) is 7.25. The third kappa shape index (κ3) is 3.20. The molecule has 1 aliphatic carbocycles. The molecule has 26 heavy (non-hydrogen) atoms. The first-order chi connectivity index (χ1) is 12.8. The Morgan fingerprint density at radius 2 is 2.15 bits per heavy atom. The number of oxime groups is 1. The van der Waals surface area contributed by atoms with E-state index in [4.69, 9.17) is 9.82 Å². The zero-order valence-electron chi connectivity index (χ0n) is 14.6. The Hall–Kier alpha value is -2.74. The van der Waals surface area contributed by atoms with Gasteiger partial charge in [-0.05, 0) is 45.2 Å². The zero-order valence-corrected chi connectivity index (χ0v) is 15.5. The van der Waals surface area contributed by atoms with Gasteiger partial charge in [0.2, 0.25) is 0 Å². The summed E-state index contributed by atoms with van der Waals surface area (Å²) in [6.45, 7) is 4.41. The van der Waals surface area contributed by atoms with Gasteiger partial charge in [0.1, 0.15) is 23.0 Å². The largest absolute Gasteiger partial charge is 0.396 e. The van der Waals surface area contributed by atoms with Gasteiger partial charge < -0.3 is 4.84 Å². The van der Waals surface area contributed by atoms with E-state index in [0.717, 1.165) is 57.5 Å². The first kappa shape index (κ1) is 16.7. The van der Waals surface area contributed by atoms with Crippen LogP contribution in [-0.4, -0.2) is 37.5 Å². The number of aryl methyl sites for hydroxylation is 2. The van der Waals surface area contributed by atoms with Crippen molar-refractivity contribution >= 4 is 17.0 Å². The lowest BCUT2D eigenvalue weighted by atomic mass is 9.99. The number of hydrogen-bond acceptors (Lipinski definition) is 8. The van der Waals surface area contributed by atoms with Gasteiger partial charge in [0.25, 0.3) is 0 Å². The summed E-state index contributed by atoms with van der Waals surface area (Å²) in [6.07, 6.45) is 6.25. The highest BCUT2D eigenvalue weighted by Gasteiger charge is 2.23. The van der Waals surface area contributed by atoms with Crippen LogP contribution in [0.3, 0.4) is 0 Å². The van der Waals surface area contributed by atoms with Crippen LogP contribution in [0.1, 0.15) is 36.8 Å². The molecule has 7 nitrogen and oxygen atoms in total. The van der Waals surface area contributed by atoms with Gasteiger partial charge in [-0.25, -0.2) is 9.97 Å². The molecule has 1 aliphatic rings. The minimum Gasteiger partial charge on any atom is -0.396 e. The van der Waals surface area contributed by atoms with Crippen molar-refractivity contribution in [1.29, 1.82) is 0 Å². The smallest absolute Gasteiger partial charge is 0.194 e. The molecule has 0 radical (unpaired) electrons.